The maximum atomic E-state index is 5.98. The van der Waals surface area contributed by atoms with Gasteiger partial charge in [0.05, 0.1) is 12.2 Å². The van der Waals surface area contributed by atoms with Crippen LogP contribution in [0.15, 0.2) is 0 Å². The molecule has 2 aliphatic heterocycles. The van der Waals surface area contributed by atoms with Crippen molar-refractivity contribution in [2.75, 3.05) is 39.5 Å². The lowest BCUT2D eigenvalue weighted by Crippen LogP contribution is -2.49. The fourth-order valence-electron chi connectivity index (χ4n) is 3.52. The second kappa shape index (κ2) is 6.08. The van der Waals surface area contributed by atoms with Crippen LogP contribution < -0.4 is 5.32 Å². The quantitative estimate of drug-likeness (QED) is 0.789. The molecule has 1 saturated carbocycles. The number of likely N-dealkylation sites (N-methyl/N-ethyl adjacent to an activating group) is 1. The summed E-state index contributed by atoms with van der Waals surface area (Å²) in [6.45, 7) is 8.34. The molecule has 110 valence electrons. The molecule has 0 radical (unpaired) electrons. The van der Waals surface area contributed by atoms with Gasteiger partial charge in [-0.05, 0) is 32.2 Å². The van der Waals surface area contributed by atoms with Crippen LogP contribution in [0.3, 0.4) is 0 Å². The summed E-state index contributed by atoms with van der Waals surface area (Å²) < 4.78 is 11.5. The van der Waals surface area contributed by atoms with E-state index in [9.17, 15) is 0 Å². The maximum absolute atomic E-state index is 5.98. The molecule has 2 unspecified atom stereocenters. The minimum Gasteiger partial charge on any atom is -0.378 e. The van der Waals surface area contributed by atoms with Crippen LogP contribution in [0.25, 0.3) is 0 Å². The summed E-state index contributed by atoms with van der Waals surface area (Å²) >= 11 is 0. The van der Waals surface area contributed by atoms with E-state index >= 15 is 0 Å². The monoisotopic (exact) mass is 268 g/mol. The molecule has 2 atom stereocenters. The highest BCUT2D eigenvalue weighted by Gasteiger charge is 2.40. The van der Waals surface area contributed by atoms with Crippen molar-refractivity contribution in [3.05, 3.63) is 0 Å². The van der Waals surface area contributed by atoms with Gasteiger partial charge in [-0.2, -0.15) is 0 Å². The van der Waals surface area contributed by atoms with Crippen LogP contribution in [0.2, 0.25) is 0 Å². The van der Waals surface area contributed by atoms with Crippen molar-refractivity contribution in [2.45, 2.75) is 56.7 Å². The molecule has 0 aromatic rings. The van der Waals surface area contributed by atoms with Gasteiger partial charge in [0, 0.05) is 44.8 Å². The summed E-state index contributed by atoms with van der Waals surface area (Å²) in [6.07, 6.45) is 6.17. The molecule has 2 saturated heterocycles. The summed E-state index contributed by atoms with van der Waals surface area (Å²) in [5, 5.41) is 3.74. The maximum Gasteiger partial charge on any atom is 0.0951 e. The van der Waals surface area contributed by atoms with Gasteiger partial charge in [-0.25, -0.2) is 0 Å². The van der Waals surface area contributed by atoms with Gasteiger partial charge in [-0.1, -0.05) is 6.92 Å². The molecule has 3 fully saturated rings. The molecule has 0 aromatic heterocycles. The van der Waals surface area contributed by atoms with Crippen LogP contribution in [0.4, 0.5) is 0 Å². The van der Waals surface area contributed by atoms with Crippen molar-refractivity contribution in [1.29, 1.82) is 0 Å². The van der Waals surface area contributed by atoms with Gasteiger partial charge in [0.15, 0.2) is 0 Å². The summed E-state index contributed by atoms with van der Waals surface area (Å²) in [7, 11) is 0. The Balaban J connectivity index is 1.39. The smallest absolute Gasteiger partial charge is 0.0951 e. The van der Waals surface area contributed by atoms with Gasteiger partial charge in [-0.15, -0.1) is 0 Å². The summed E-state index contributed by atoms with van der Waals surface area (Å²) in [5.74, 6) is 0. The lowest BCUT2D eigenvalue weighted by molar-refractivity contribution is -0.0893. The Bertz CT molecular complexity index is 288. The number of nitrogens with one attached hydrogen (secondary N) is 1. The van der Waals surface area contributed by atoms with E-state index in [1.165, 1.54) is 25.9 Å². The minimum atomic E-state index is 0.0385. The molecule has 2 heterocycles. The highest BCUT2D eigenvalue weighted by atomic mass is 16.6. The Kier molecular flexibility index (Phi) is 4.42. The predicted octanol–water partition coefficient (Wildman–Crippen LogP) is 1.40. The number of rotatable bonds is 6. The number of ether oxygens (including phenoxy) is 2. The largest absolute Gasteiger partial charge is 0.378 e. The molecular formula is C15H28N2O2. The van der Waals surface area contributed by atoms with Crippen LogP contribution in [-0.2, 0) is 9.47 Å². The van der Waals surface area contributed by atoms with E-state index in [-0.39, 0.29) is 5.60 Å². The van der Waals surface area contributed by atoms with Crippen LogP contribution in [0, 0.1) is 0 Å². The van der Waals surface area contributed by atoms with Gasteiger partial charge in [-0.3, -0.25) is 4.90 Å². The third-order valence-corrected chi connectivity index (χ3v) is 4.86. The van der Waals surface area contributed by atoms with Gasteiger partial charge < -0.3 is 14.8 Å². The van der Waals surface area contributed by atoms with Crippen molar-refractivity contribution in [3.8, 4) is 0 Å². The van der Waals surface area contributed by atoms with E-state index in [2.05, 4.69) is 17.1 Å². The van der Waals surface area contributed by atoms with Gasteiger partial charge in [0.1, 0.15) is 0 Å². The minimum absolute atomic E-state index is 0.0385. The van der Waals surface area contributed by atoms with Gasteiger partial charge in [0.25, 0.3) is 0 Å². The van der Waals surface area contributed by atoms with E-state index in [4.69, 9.17) is 9.47 Å². The van der Waals surface area contributed by atoms with Gasteiger partial charge >= 0.3 is 0 Å². The van der Waals surface area contributed by atoms with Crippen LogP contribution in [0.1, 0.15) is 39.0 Å². The lowest BCUT2D eigenvalue weighted by atomic mass is 9.90. The number of hydrogen-bond donors (Lipinski definition) is 1. The fourth-order valence-corrected chi connectivity index (χ4v) is 3.52. The van der Waals surface area contributed by atoms with Crippen molar-refractivity contribution >= 4 is 0 Å². The molecule has 19 heavy (non-hydrogen) atoms. The highest BCUT2D eigenvalue weighted by molar-refractivity contribution is 4.93. The highest BCUT2D eigenvalue weighted by Crippen LogP contribution is 2.32. The molecule has 4 heteroatoms. The Hall–Kier alpha value is -0.160. The molecule has 4 nitrogen and oxygen atoms in total. The zero-order valence-corrected chi connectivity index (χ0v) is 12.2. The van der Waals surface area contributed by atoms with Crippen LogP contribution >= 0.6 is 0 Å². The summed E-state index contributed by atoms with van der Waals surface area (Å²) in [5.41, 5.74) is 0.0385. The topological polar surface area (TPSA) is 33.7 Å². The molecule has 1 N–H and O–H groups in total. The van der Waals surface area contributed by atoms with E-state index < -0.39 is 0 Å². The van der Waals surface area contributed by atoms with E-state index in [0.29, 0.717) is 6.04 Å². The van der Waals surface area contributed by atoms with E-state index in [1.54, 1.807) is 0 Å². The third-order valence-electron chi connectivity index (χ3n) is 4.86. The Morgan fingerprint density at radius 3 is 2.84 bits per heavy atom. The second-order valence-corrected chi connectivity index (χ2v) is 6.34. The average molecular weight is 268 g/mol. The van der Waals surface area contributed by atoms with Crippen molar-refractivity contribution in [2.24, 2.45) is 0 Å². The number of nitrogens with zero attached hydrogens (tertiary/aromatic N) is 1. The van der Waals surface area contributed by atoms with E-state index in [1.807, 2.05) is 0 Å². The van der Waals surface area contributed by atoms with Crippen molar-refractivity contribution < 1.29 is 9.47 Å². The van der Waals surface area contributed by atoms with Crippen molar-refractivity contribution in [3.63, 3.8) is 0 Å². The first kappa shape index (κ1) is 13.8. The number of hydrogen-bond acceptors (Lipinski definition) is 4. The SMILES string of the molecule is CCN(CCNC1CCOC2(CCOC2)C1)C1CC1. The van der Waals surface area contributed by atoms with Crippen LogP contribution in [-0.4, -0.2) is 62.0 Å². The normalized spacial score (nSPS) is 35.4. The molecule has 3 rings (SSSR count). The molecular weight excluding hydrogens is 240 g/mol. The van der Waals surface area contributed by atoms with E-state index in [0.717, 1.165) is 51.7 Å². The van der Waals surface area contributed by atoms with Crippen LogP contribution in [0.5, 0.6) is 0 Å². The first-order valence-electron chi connectivity index (χ1n) is 8.00. The molecule has 0 aromatic carbocycles. The Morgan fingerprint density at radius 1 is 1.26 bits per heavy atom. The molecule has 3 aliphatic rings. The third kappa shape index (κ3) is 3.48. The average Bonchev–Trinajstić information content (AvgIpc) is 3.18. The first-order chi connectivity index (χ1) is 9.31. The van der Waals surface area contributed by atoms with Crippen molar-refractivity contribution in [1.82, 2.24) is 10.2 Å². The molecule has 0 bridgehead atoms. The molecule has 1 aliphatic carbocycles. The molecule has 1 spiro atoms. The second-order valence-electron chi connectivity index (χ2n) is 6.34. The fraction of sp³-hybridized carbons (Fsp3) is 1.00. The lowest BCUT2D eigenvalue weighted by Gasteiger charge is -2.37. The Labute approximate surface area is 116 Å². The first-order valence-corrected chi connectivity index (χ1v) is 8.00. The van der Waals surface area contributed by atoms with Gasteiger partial charge in [0.2, 0.25) is 0 Å². The standard InChI is InChI=1S/C15H28N2O2/c1-2-17(14-3-4-14)8-7-16-13-5-9-19-15(11-13)6-10-18-12-15/h13-14,16H,2-12H2,1H3. The zero-order valence-electron chi connectivity index (χ0n) is 12.2. The zero-order chi connectivity index (χ0) is 13.1. The molecule has 0 amide bonds. The Morgan fingerprint density at radius 2 is 2.16 bits per heavy atom. The summed E-state index contributed by atoms with van der Waals surface area (Å²) in [6, 6.07) is 1.50. The summed E-state index contributed by atoms with van der Waals surface area (Å²) in [4.78, 5) is 2.61. The predicted molar refractivity (Wildman–Crippen MR) is 75.4 cm³/mol.